The summed E-state index contributed by atoms with van der Waals surface area (Å²) in [6.45, 7) is -0.233. The van der Waals surface area contributed by atoms with Crippen molar-refractivity contribution in [2.75, 3.05) is 18.0 Å². The maximum Gasteiger partial charge on any atom is 0.348 e. The summed E-state index contributed by atoms with van der Waals surface area (Å²) in [5.41, 5.74) is 0.307. The molecule has 0 fully saturated rings. The molecule has 1 atom stereocenters. The summed E-state index contributed by atoms with van der Waals surface area (Å²) >= 11 is 0. The summed E-state index contributed by atoms with van der Waals surface area (Å²) in [5, 5.41) is 0. The number of ether oxygens (including phenoxy) is 2. The van der Waals surface area contributed by atoms with Gasteiger partial charge >= 0.3 is 5.97 Å². The first-order chi connectivity index (χ1) is 11.4. The third kappa shape index (κ3) is 2.80. The maximum atomic E-state index is 13.1. The molecule has 6 nitrogen and oxygen atoms in total. The van der Waals surface area contributed by atoms with Crippen LogP contribution in [0.15, 0.2) is 53.4 Å². The van der Waals surface area contributed by atoms with Gasteiger partial charge < -0.3 is 9.47 Å². The number of halogens is 1. The van der Waals surface area contributed by atoms with Gasteiger partial charge in [0.15, 0.2) is 0 Å². The molecule has 1 aliphatic rings. The lowest BCUT2D eigenvalue weighted by Crippen LogP contribution is -2.47. The zero-order valence-corrected chi connectivity index (χ0v) is 13.5. The summed E-state index contributed by atoms with van der Waals surface area (Å²) < 4.78 is 50.2. The van der Waals surface area contributed by atoms with Crippen LogP contribution in [0.3, 0.4) is 0 Å². The largest absolute Gasteiger partial charge is 0.475 e. The molecule has 0 N–H and O–H groups in total. The first-order valence-corrected chi connectivity index (χ1v) is 8.49. The van der Waals surface area contributed by atoms with E-state index < -0.39 is 27.9 Å². The third-order valence-corrected chi connectivity index (χ3v) is 5.39. The summed E-state index contributed by atoms with van der Waals surface area (Å²) in [4.78, 5) is 11.7. The second-order valence-electron chi connectivity index (χ2n) is 5.09. The Bertz CT molecular complexity index is 866. The topological polar surface area (TPSA) is 72.9 Å². The van der Waals surface area contributed by atoms with Gasteiger partial charge in [-0.15, -0.1) is 0 Å². The van der Waals surface area contributed by atoms with Crippen LogP contribution in [0.5, 0.6) is 5.75 Å². The number of carbonyl (C=O) groups is 1. The quantitative estimate of drug-likeness (QED) is 0.791. The minimum absolute atomic E-state index is 0.0794. The maximum absolute atomic E-state index is 13.1. The molecule has 1 heterocycles. The van der Waals surface area contributed by atoms with Crippen LogP contribution in [0, 0.1) is 5.82 Å². The van der Waals surface area contributed by atoms with Crippen molar-refractivity contribution in [2.45, 2.75) is 11.0 Å². The molecule has 0 aromatic heterocycles. The zero-order valence-electron chi connectivity index (χ0n) is 12.7. The van der Waals surface area contributed by atoms with E-state index in [-0.39, 0.29) is 17.2 Å². The Kier molecular flexibility index (Phi) is 4.15. The molecule has 0 spiro atoms. The molecule has 8 heteroatoms. The number of esters is 1. The van der Waals surface area contributed by atoms with Crippen molar-refractivity contribution in [3.8, 4) is 5.75 Å². The van der Waals surface area contributed by atoms with Crippen LogP contribution in [0.1, 0.15) is 0 Å². The molecular formula is C16H14FNO5S. The van der Waals surface area contributed by atoms with Crippen molar-refractivity contribution < 1.29 is 27.1 Å². The summed E-state index contributed by atoms with van der Waals surface area (Å²) in [6, 6.07) is 11.0. The highest BCUT2D eigenvalue weighted by Crippen LogP contribution is 2.36. The molecule has 24 heavy (non-hydrogen) atoms. The van der Waals surface area contributed by atoms with Gasteiger partial charge in [0.25, 0.3) is 10.0 Å². The first kappa shape index (κ1) is 16.3. The van der Waals surface area contributed by atoms with E-state index in [1.807, 2.05) is 0 Å². The van der Waals surface area contributed by atoms with Gasteiger partial charge in [0, 0.05) is 0 Å². The van der Waals surface area contributed by atoms with Crippen molar-refractivity contribution >= 4 is 21.7 Å². The van der Waals surface area contributed by atoms with E-state index in [4.69, 9.17) is 4.74 Å². The molecule has 0 saturated carbocycles. The fourth-order valence-corrected chi connectivity index (χ4v) is 3.89. The minimum atomic E-state index is -3.99. The molecule has 0 bridgehead atoms. The fourth-order valence-electron chi connectivity index (χ4n) is 2.42. The van der Waals surface area contributed by atoms with Crippen molar-refractivity contribution in [1.29, 1.82) is 0 Å². The van der Waals surface area contributed by atoms with Crippen LogP contribution in [0.2, 0.25) is 0 Å². The molecule has 1 aliphatic heterocycles. The van der Waals surface area contributed by atoms with Crippen molar-refractivity contribution in [3.63, 3.8) is 0 Å². The number of para-hydroxylation sites is 2. The molecule has 0 radical (unpaired) electrons. The van der Waals surface area contributed by atoms with E-state index >= 15 is 0 Å². The SMILES string of the molecule is COC(=O)[C@H]1CN(S(=O)(=O)c2ccc(F)cc2)c2ccccc2O1. The van der Waals surface area contributed by atoms with Crippen LogP contribution in [0.4, 0.5) is 10.1 Å². The highest BCUT2D eigenvalue weighted by Gasteiger charge is 2.37. The van der Waals surface area contributed by atoms with Gasteiger partial charge in [0.2, 0.25) is 6.10 Å². The van der Waals surface area contributed by atoms with Gasteiger partial charge in [-0.25, -0.2) is 17.6 Å². The number of anilines is 1. The molecule has 0 aliphatic carbocycles. The van der Waals surface area contributed by atoms with E-state index in [0.29, 0.717) is 5.69 Å². The summed E-state index contributed by atoms with van der Waals surface area (Å²) in [7, 11) is -2.79. The van der Waals surface area contributed by atoms with Crippen molar-refractivity contribution in [3.05, 3.63) is 54.3 Å². The molecule has 0 saturated heterocycles. The second-order valence-corrected chi connectivity index (χ2v) is 6.95. The average molecular weight is 351 g/mol. The van der Waals surface area contributed by atoms with Gasteiger partial charge in [-0.3, -0.25) is 4.31 Å². The molecule has 0 amide bonds. The van der Waals surface area contributed by atoms with Crippen LogP contribution in [-0.2, 0) is 19.6 Å². The van der Waals surface area contributed by atoms with E-state index in [1.165, 1.54) is 19.2 Å². The molecule has 126 valence electrons. The summed E-state index contributed by atoms with van der Waals surface area (Å²) in [5.74, 6) is -0.961. The normalized spacial score (nSPS) is 16.9. The molecule has 2 aromatic rings. The van der Waals surface area contributed by atoms with Gasteiger partial charge in [0.1, 0.15) is 11.6 Å². The zero-order chi connectivity index (χ0) is 17.3. The number of fused-ring (bicyclic) bond motifs is 1. The van der Waals surface area contributed by atoms with Crippen LogP contribution >= 0.6 is 0 Å². The van der Waals surface area contributed by atoms with Gasteiger partial charge in [-0.2, -0.15) is 0 Å². The van der Waals surface area contributed by atoms with E-state index in [2.05, 4.69) is 4.74 Å². The fraction of sp³-hybridized carbons (Fsp3) is 0.188. The van der Waals surface area contributed by atoms with E-state index in [1.54, 1.807) is 24.3 Å². The third-order valence-electron chi connectivity index (χ3n) is 3.60. The Hall–Kier alpha value is -2.61. The lowest BCUT2D eigenvalue weighted by atomic mass is 10.2. The number of benzene rings is 2. The smallest absolute Gasteiger partial charge is 0.348 e. The minimum Gasteiger partial charge on any atom is -0.475 e. The van der Waals surface area contributed by atoms with Crippen molar-refractivity contribution in [2.24, 2.45) is 0 Å². The van der Waals surface area contributed by atoms with Gasteiger partial charge in [-0.1, -0.05) is 12.1 Å². The first-order valence-electron chi connectivity index (χ1n) is 7.05. The highest BCUT2D eigenvalue weighted by molar-refractivity contribution is 7.92. The predicted octanol–water partition coefficient (Wildman–Crippen LogP) is 1.95. The Balaban J connectivity index is 2.07. The molecule has 3 rings (SSSR count). The number of rotatable bonds is 3. The number of hydrogen-bond donors (Lipinski definition) is 0. The summed E-state index contributed by atoms with van der Waals surface area (Å²) in [6.07, 6.45) is -1.08. The Labute approximate surface area is 138 Å². The average Bonchev–Trinajstić information content (AvgIpc) is 2.60. The standard InChI is InChI=1S/C16H14FNO5S/c1-22-16(19)15-10-18(13-4-2-3-5-14(13)23-15)24(20,21)12-8-6-11(17)7-9-12/h2-9,15H,10H2,1H3/t15-/m1/s1. The number of carbonyl (C=O) groups excluding carboxylic acids is 1. The van der Waals surface area contributed by atoms with Crippen molar-refractivity contribution in [1.82, 2.24) is 0 Å². The van der Waals surface area contributed by atoms with E-state index in [9.17, 15) is 17.6 Å². The Morgan fingerprint density at radius 1 is 1.21 bits per heavy atom. The van der Waals surface area contributed by atoms with Gasteiger partial charge in [0.05, 0.1) is 24.2 Å². The van der Waals surface area contributed by atoms with E-state index in [0.717, 1.165) is 16.4 Å². The monoisotopic (exact) mass is 351 g/mol. The molecule has 2 aromatic carbocycles. The Morgan fingerprint density at radius 3 is 2.54 bits per heavy atom. The number of hydrogen-bond acceptors (Lipinski definition) is 5. The molecular weight excluding hydrogens is 337 g/mol. The lowest BCUT2D eigenvalue weighted by Gasteiger charge is -2.34. The highest BCUT2D eigenvalue weighted by atomic mass is 32.2. The Morgan fingerprint density at radius 2 is 1.88 bits per heavy atom. The number of sulfonamides is 1. The lowest BCUT2D eigenvalue weighted by molar-refractivity contribution is -0.148. The number of methoxy groups -OCH3 is 1. The van der Waals surface area contributed by atoms with Crippen LogP contribution in [0.25, 0.3) is 0 Å². The second kappa shape index (κ2) is 6.12. The number of nitrogens with zero attached hydrogens (tertiary/aromatic N) is 1. The predicted molar refractivity (Wildman–Crippen MR) is 83.8 cm³/mol. The van der Waals surface area contributed by atoms with Crippen LogP contribution < -0.4 is 9.04 Å². The van der Waals surface area contributed by atoms with Gasteiger partial charge in [-0.05, 0) is 36.4 Å². The van der Waals surface area contributed by atoms with Crippen LogP contribution in [-0.4, -0.2) is 34.1 Å². The molecule has 0 unspecified atom stereocenters.